The van der Waals surface area contributed by atoms with Crippen LogP contribution in [0.15, 0.2) is 30.3 Å². The fourth-order valence-corrected chi connectivity index (χ4v) is 0.478. The molecular formula is C9H13IMgZn. The van der Waals surface area contributed by atoms with Crippen LogP contribution in [0.4, 0.5) is 0 Å². The van der Waals surface area contributed by atoms with Gasteiger partial charge in [0.2, 0.25) is 0 Å². The van der Waals surface area contributed by atoms with Gasteiger partial charge in [-0.3, -0.25) is 0 Å². The van der Waals surface area contributed by atoms with Crippen LogP contribution in [0.25, 0.3) is 0 Å². The monoisotopic (exact) mass is 336 g/mol. The maximum Gasteiger partial charge on any atom is 2.00 e. The Labute approximate surface area is 123 Å². The van der Waals surface area contributed by atoms with Crippen molar-refractivity contribution in [2.24, 2.45) is 0 Å². The molecule has 0 unspecified atom stereocenters. The summed E-state index contributed by atoms with van der Waals surface area (Å²) in [4.78, 5) is 0. The Balaban J connectivity index is -0.0000000327. The molecule has 0 nitrogen and oxygen atoms in total. The average Bonchev–Trinajstić information content (AvgIpc) is 1.69. The Bertz CT molecular complexity index is 144. The van der Waals surface area contributed by atoms with Gasteiger partial charge < -0.3 is 38.8 Å². The Morgan fingerprint density at radius 1 is 0.917 bits per heavy atom. The normalized spacial score (nSPS) is 5.00. The number of rotatable bonds is 0. The van der Waals surface area contributed by atoms with Crippen molar-refractivity contribution in [2.45, 2.75) is 0 Å². The van der Waals surface area contributed by atoms with Gasteiger partial charge in [0.15, 0.2) is 0 Å². The third kappa shape index (κ3) is 13.8. The first-order valence-corrected chi connectivity index (χ1v) is 2.26. The molecule has 12 heavy (non-hydrogen) atoms. The fourth-order valence-electron chi connectivity index (χ4n) is 0.478. The molecule has 0 atom stereocenters. The van der Waals surface area contributed by atoms with Gasteiger partial charge in [-0.05, 0) is 0 Å². The van der Waals surface area contributed by atoms with Crippen molar-refractivity contribution in [3.8, 4) is 0 Å². The van der Waals surface area contributed by atoms with Gasteiger partial charge in [-0.25, -0.2) is 0 Å². The summed E-state index contributed by atoms with van der Waals surface area (Å²) in [5.74, 6) is 0. The Kier molecular flexibility index (Phi) is 44.0. The molecule has 0 bridgehead atoms. The van der Waals surface area contributed by atoms with Crippen molar-refractivity contribution in [3.05, 3.63) is 57.7 Å². The zero-order valence-electron chi connectivity index (χ0n) is 7.89. The maximum absolute atomic E-state index is 3.72. The van der Waals surface area contributed by atoms with Crippen LogP contribution < -0.4 is 24.0 Å². The number of hydrogen-bond acceptors (Lipinski definition) is 0. The quantitative estimate of drug-likeness (QED) is 0.337. The molecular weight excluding hydrogens is 325 g/mol. The fraction of sp³-hybridized carbons (Fsp3) is 0. The smallest absolute Gasteiger partial charge is 1.00 e. The predicted molar refractivity (Wildman–Crippen MR) is 49.5 cm³/mol. The van der Waals surface area contributed by atoms with Gasteiger partial charge >= 0.3 is 42.5 Å². The Hall–Kier alpha value is 1.21. The summed E-state index contributed by atoms with van der Waals surface area (Å²) in [6.45, 7) is 3.72. The molecule has 0 amide bonds. The molecule has 60 valence electrons. The van der Waals surface area contributed by atoms with Gasteiger partial charge in [-0.1, -0.05) is 6.07 Å². The minimum absolute atomic E-state index is 0. The van der Waals surface area contributed by atoms with E-state index >= 15 is 0 Å². The molecule has 1 aromatic rings. The molecule has 0 saturated heterocycles. The van der Waals surface area contributed by atoms with E-state index in [0.717, 1.165) is 5.56 Å². The van der Waals surface area contributed by atoms with E-state index in [-0.39, 0.29) is 81.4 Å². The van der Waals surface area contributed by atoms with Crippen LogP contribution in [0.5, 0.6) is 0 Å². The van der Waals surface area contributed by atoms with E-state index in [1.165, 1.54) is 0 Å². The third-order valence-corrected chi connectivity index (χ3v) is 0.843. The van der Waals surface area contributed by atoms with Gasteiger partial charge in [0, 0.05) is 0 Å². The van der Waals surface area contributed by atoms with E-state index in [2.05, 4.69) is 6.92 Å². The van der Waals surface area contributed by atoms with Crippen molar-refractivity contribution in [2.75, 3.05) is 0 Å². The topological polar surface area (TPSA) is 0 Å². The molecule has 0 aliphatic heterocycles. The molecule has 0 aliphatic carbocycles. The summed E-state index contributed by atoms with van der Waals surface area (Å²) >= 11 is 0. The first-order chi connectivity index (χ1) is 3.39. The van der Waals surface area contributed by atoms with Gasteiger partial charge in [0.05, 0.1) is 0 Å². The molecule has 0 aliphatic rings. The summed E-state index contributed by atoms with van der Waals surface area (Å²) in [5, 5.41) is 0. The molecule has 0 saturated carbocycles. The Morgan fingerprint density at radius 3 is 1.42 bits per heavy atom. The van der Waals surface area contributed by atoms with E-state index < -0.39 is 0 Å². The molecule has 0 N–H and O–H groups in total. The first-order valence-electron chi connectivity index (χ1n) is 2.26. The molecule has 0 spiro atoms. The summed E-state index contributed by atoms with van der Waals surface area (Å²) < 4.78 is 0. The molecule has 1 rings (SSSR count). The van der Waals surface area contributed by atoms with Crippen molar-refractivity contribution >= 4 is 23.1 Å². The molecule has 0 fully saturated rings. The summed E-state index contributed by atoms with van der Waals surface area (Å²) in [6, 6.07) is 9.87. The zero-order chi connectivity index (χ0) is 5.11. The standard InChI is InChI=1S/C7H7.2CH3.HI.Mg.Zn/c1-7-5-3-2-4-6-7;;;;;/h2-6H,1H2;2*1H3;1H;;/q3*-1;;2*+2/p-1. The molecule has 0 radical (unpaired) electrons. The maximum atomic E-state index is 3.72. The van der Waals surface area contributed by atoms with E-state index in [0.29, 0.717) is 0 Å². The summed E-state index contributed by atoms with van der Waals surface area (Å²) in [7, 11) is 0. The molecule has 1 aromatic carbocycles. The molecule has 3 heteroatoms. The van der Waals surface area contributed by atoms with Gasteiger partial charge in [0.1, 0.15) is 0 Å². The second-order valence-electron chi connectivity index (χ2n) is 1.49. The van der Waals surface area contributed by atoms with Crippen LogP contribution in [0.2, 0.25) is 0 Å². The number of hydrogen-bond donors (Lipinski definition) is 0. The van der Waals surface area contributed by atoms with Crippen LogP contribution >= 0.6 is 0 Å². The predicted octanol–water partition coefficient (Wildman–Crippen LogP) is -0.610. The van der Waals surface area contributed by atoms with Crippen LogP contribution in [0, 0.1) is 21.8 Å². The Morgan fingerprint density at radius 2 is 1.25 bits per heavy atom. The number of halogens is 1. The van der Waals surface area contributed by atoms with Crippen LogP contribution in [0.1, 0.15) is 5.56 Å². The van der Waals surface area contributed by atoms with Crippen LogP contribution in [0.3, 0.4) is 0 Å². The third-order valence-electron chi connectivity index (χ3n) is 0.843. The summed E-state index contributed by atoms with van der Waals surface area (Å²) in [5.41, 5.74) is 1.07. The summed E-state index contributed by atoms with van der Waals surface area (Å²) in [6.07, 6.45) is 0. The van der Waals surface area contributed by atoms with E-state index in [4.69, 9.17) is 0 Å². The zero-order valence-corrected chi connectivity index (χ0v) is 14.4. The van der Waals surface area contributed by atoms with Crippen LogP contribution in [-0.4, -0.2) is 23.1 Å². The first kappa shape index (κ1) is 29.2. The minimum Gasteiger partial charge on any atom is -1.00 e. The largest absolute Gasteiger partial charge is 2.00 e. The average molecular weight is 338 g/mol. The van der Waals surface area contributed by atoms with Crippen molar-refractivity contribution in [1.29, 1.82) is 0 Å². The molecule has 0 aromatic heterocycles. The van der Waals surface area contributed by atoms with Gasteiger partial charge in [-0.2, -0.15) is 24.6 Å². The second-order valence-corrected chi connectivity index (χ2v) is 1.49. The molecule has 0 heterocycles. The van der Waals surface area contributed by atoms with Gasteiger partial charge in [-0.15, -0.1) is 12.1 Å². The second kappa shape index (κ2) is 18.1. The van der Waals surface area contributed by atoms with E-state index in [1.807, 2.05) is 30.3 Å². The van der Waals surface area contributed by atoms with Crippen LogP contribution in [-0.2, 0) is 19.5 Å². The number of benzene rings is 1. The van der Waals surface area contributed by atoms with E-state index in [9.17, 15) is 0 Å². The van der Waals surface area contributed by atoms with Crippen molar-refractivity contribution in [1.82, 2.24) is 0 Å². The van der Waals surface area contributed by atoms with Gasteiger partial charge in [0.25, 0.3) is 0 Å². The van der Waals surface area contributed by atoms with Crippen molar-refractivity contribution < 1.29 is 43.5 Å². The van der Waals surface area contributed by atoms with Crippen molar-refractivity contribution in [3.63, 3.8) is 0 Å². The minimum atomic E-state index is 0. The SMILES string of the molecule is [CH2-]c1ccccc1.[CH3-].[CH3-].[I-].[Mg+2].[Zn+2]. The van der Waals surface area contributed by atoms with E-state index in [1.54, 1.807) is 0 Å².